The Hall–Kier alpha value is -1.65. The molecule has 0 saturated carbocycles. The third-order valence-electron chi connectivity index (χ3n) is 2.59. The summed E-state index contributed by atoms with van der Waals surface area (Å²) in [5.74, 6) is -0.181. The van der Waals surface area contributed by atoms with Crippen LogP contribution >= 0.6 is 22.9 Å². The van der Waals surface area contributed by atoms with Gasteiger partial charge in [-0.2, -0.15) is 0 Å². The summed E-state index contributed by atoms with van der Waals surface area (Å²) in [6.45, 7) is 6.16. The highest BCUT2D eigenvalue weighted by Crippen LogP contribution is 2.20. The first kappa shape index (κ1) is 13.8. The van der Waals surface area contributed by atoms with E-state index in [4.69, 9.17) is 11.6 Å². The lowest BCUT2D eigenvalue weighted by Crippen LogP contribution is -2.28. The number of nitrogens with zero attached hydrogens (tertiary/aromatic N) is 2. The van der Waals surface area contributed by atoms with Crippen LogP contribution in [-0.2, 0) is 6.54 Å². The summed E-state index contributed by atoms with van der Waals surface area (Å²) in [6.07, 6.45) is 1.56. The lowest BCUT2D eigenvalue weighted by atomic mass is 10.2. The summed E-state index contributed by atoms with van der Waals surface area (Å²) >= 11 is 7.57. The molecule has 0 atom stereocenters. The predicted octanol–water partition coefficient (Wildman–Crippen LogP) is 3.97. The van der Waals surface area contributed by atoms with Crippen molar-refractivity contribution in [3.05, 3.63) is 63.7 Å². The van der Waals surface area contributed by atoms with E-state index >= 15 is 0 Å². The van der Waals surface area contributed by atoms with Gasteiger partial charge in [0.15, 0.2) is 0 Å². The lowest BCUT2D eigenvalue weighted by Gasteiger charge is -2.22. The smallest absolute Gasteiger partial charge is 0.261 e. The Bertz CT molecular complexity index is 595. The predicted molar refractivity (Wildman–Crippen MR) is 78.3 cm³/mol. The average Bonchev–Trinajstić information content (AvgIpc) is 2.88. The molecule has 0 aliphatic rings. The van der Waals surface area contributed by atoms with Crippen LogP contribution < -0.4 is 0 Å². The molecule has 0 spiro atoms. The SMILES string of the molecule is C=C(C)N(Cc1cccs1)C(=O)c1cccnc1Cl. The van der Waals surface area contributed by atoms with Crippen LogP contribution in [0.2, 0.25) is 5.15 Å². The van der Waals surface area contributed by atoms with Gasteiger partial charge in [-0.1, -0.05) is 24.2 Å². The van der Waals surface area contributed by atoms with Crippen LogP contribution in [0.1, 0.15) is 22.2 Å². The first-order valence-corrected chi connectivity index (χ1v) is 6.95. The fourth-order valence-corrected chi connectivity index (χ4v) is 2.52. The molecule has 0 aromatic carbocycles. The van der Waals surface area contributed by atoms with Crippen molar-refractivity contribution in [1.29, 1.82) is 0 Å². The Balaban J connectivity index is 2.27. The average molecular weight is 293 g/mol. The highest BCUT2D eigenvalue weighted by atomic mass is 35.5. The van der Waals surface area contributed by atoms with Crippen molar-refractivity contribution in [2.75, 3.05) is 0 Å². The summed E-state index contributed by atoms with van der Waals surface area (Å²) in [6, 6.07) is 7.31. The largest absolute Gasteiger partial charge is 0.308 e. The van der Waals surface area contributed by atoms with E-state index < -0.39 is 0 Å². The molecule has 0 saturated heterocycles. The standard InChI is InChI=1S/C14H13ClN2OS/c1-10(2)17(9-11-5-4-8-19-11)14(18)12-6-3-7-16-13(12)15/h3-8H,1,9H2,2H3. The number of thiophene rings is 1. The van der Waals surface area contributed by atoms with E-state index in [2.05, 4.69) is 11.6 Å². The molecule has 3 nitrogen and oxygen atoms in total. The fraction of sp³-hybridized carbons (Fsp3) is 0.143. The number of carbonyl (C=O) groups excluding carboxylic acids is 1. The Morgan fingerprint density at radius 3 is 2.84 bits per heavy atom. The molecule has 2 aromatic rings. The molecule has 0 radical (unpaired) electrons. The Labute approximate surface area is 121 Å². The number of aromatic nitrogens is 1. The molecule has 0 bridgehead atoms. The second-order valence-corrected chi connectivity index (χ2v) is 5.44. The highest BCUT2D eigenvalue weighted by molar-refractivity contribution is 7.09. The fourth-order valence-electron chi connectivity index (χ4n) is 1.63. The van der Waals surface area contributed by atoms with Gasteiger partial charge in [-0.3, -0.25) is 4.79 Å². The van der Waals surface area contributed by atoms with E-state index in [1.807, 2.05) is 17.5 Å². The zero-order valence-electron chi connectivity index (χ0n) is 10.5. The second-order valence-electron chi connectivity index (χ2n) is 4.05. The molecular formula is C14H13ClN2OS. The van der Waals surface area contributed by atoms with E-state index in [-0.39, 0.29) is 11.1 Å². The molecule has 2 aromatic heterocycles. The highest BCUT2D eigenvalue weighted by Gasteiger charge is 2.20. The van der Waals surface area contributed by atoms with Gasteiger partial charge in [-0.15, -0.1) is 11.3 Å². The molecular weight excluding hydrogens is 280 g/mol. The van der Waals surface area contributed by atoms with Crippen LogP contribution in [0.15, 0.2) is 48.1 Å². The number of carbonyl (C=O) groups is 1. The maximum Gasteiger partial charge on any atom is 0.261 e. The number of pyridine rings is 1. The molecule has 0 fully saturated rings. The normalized spacial score (nSPS) is 10.2. The molecule has 98 valence electrons. The first-order chi connectivity index (χ1) is 9.09. The maximum absolute atomic E-state index is 12.5. The minimum absolute atomic E-state index is 0.181. The van der Waals surface area contributed by atoms with Gasteiger partial charge in [0.05, 0.1) is 12.1 Å². The quantitative estimate of drug-likeness (QED) is 0.799. The van der Waals surface area contributed by atoms with Gasteiger partial charge < -0.3 is 4.90 Å². The zero-order valence-corrected chi connectivity index (χ0v) is 12.0. The maximum atomic E-state index is 12.5. The van der Waals surface area contributed by atoms with Crippen molar-refractivity contribution in [3.8, 4) is 0 Å². The van der Waals surface area contributed by atoms with Crippen molar-refractivity contribution in [1.82, 2.24) is 9.88 Å². The Morgan fingerprint density at radius 1 is 1.47 bits per heavy atom. The van der Waals surface area contributed by atoms with Crippen molar-refractivity contribution >= 4 is 28.8 Å². The number of amides is 1. The topological polar surface area (TPSA) is 33.2 Å². The minimum Gasteiger partial charge on any atom is -0.308 e. The van der Waals surface area contributed by atoms with E-state index in [0.717, 1.165) is 4.88 Å². The molecule has 0 aliphatic heterocycles. The van der Waals surface area contributed by atoms with E-state index in [1.165, 1.54) is 0 Å². The van der Waals surface area contributed by atoms with Crippen LogP contribution in [0.25, 0.3) is 0 Å². The molecule has 0 N–H and O–H groups in total. The summed E-state index contributed by atoms with van der Waals surface area (Å²) in [5, 5.41) is 2.19. The first-order valence-electron chi connectivity index (χ1n) is 5.70. The summed E-state index contributed by atoms with van der Waals surface area (Å²) in [7, 11) is 0. The van der Waals surface area contributed by atoms with Crippen molar-refractivity contribution < 1.29 is 4.79 Å². The van der Waals surface area contributed by atoms with Crippen molar-refractivity contribution in [2.24, 2.45) is 0 Å². The molecule has 0 unspecified atom stereocenters. The third kappa shape index (κ3) is 3.22. The van der Waals surface area contributed by atoms with Crippen molar-refractivity contribution in [3.63, 3.8) is 0 Å². The number of halogens is 1. The second kappa shape index (κ2) is 5.99. The molecule has 0 aliphatic carbocycles. The number of hydrogen-bond donors (Lipinski definition) is 0. The molecule has 2 rings (SSSR count). The van der Waals surface area contributed by atoms with E-state index in [9.17, 15) is 4.79 Å². The van der Waals surface area contributed by atoms with Crippen LogP contribution in [0.5, 0.6) is 0 Å². The Kier molecular flexibility index (Phi) is 4.35. The van der Waals surface area contributed by atoms with Gasteiger partial charge in [0.1, 0.15) is 5.15 Å². The Morgan fingerprint density at radius 2 is 2.26 bits per heavy atom. The van der Waals surface area contributed by atoms with Gasteiger partial charge >= 0.3 is 0 Å². The van der Waals surface area contributed by atoms with Crippen LogP contribution in [0, 0.1) is 0 Å². The molecule has 5 heteroatoms. The van der Waals surface area contributed by atoms with Crippen molar-refractivity contribution in [2.45, 2.75) is 13.5 Å². The van der Waals surface area contributed by atoms with E-state index in [0.29, 0.717) is 17.8 Å². The zero-order chi connectivity index (χ0) is 13.8. The van der Waals surface area contributed by atoms with E-state index in [1.54, 1.807) is 41.5 Å². The van der Waals surface area contributed by atoms with Gasteiger partial charge in [0.25, 0.3) is 5.91 Å². The lowest BCUT2D eigenvalue weighted by molar-refractivity contribution is 0.0798. The van der Waals surface area contributed by atoms with Crippen LogP contribution in [-0.4, -0.2) is 15.8 Å². The van der Waals surface area contributed by atoms with Gasteiger partial charge in [-0.05, 0) is 30.5 Å². The van der Waals surface area contributed by atoms with Gasteiger partial charge in [0.2, 0.25) is 0 Å². The number of rotatable bonds is 4. The molecule has 2 heterocycles. The van der Waals surface area contributed by atoms with Gasteiger partial charge in [-0.25, -0.2) is 4.98 Å². The molecule has 1 amide bonds. The van der Waals surface area contributed by atoms with Crippen LogP contribution in [0.3, 0.4) is 0 Å². The monoisotopic (exact) mass is 292 g/mol. The summed E-state index contributed by atoms with van der Waals surface area (Å²) < 4.78 is 0. The number of allylic oxidation sites excluding steroid dienone is 1. The van der Waals surface area contributed by atoms with Crippen LogP contribution in [0.4, 0.5) is 0 Å². The minimum atomic E-state index is -0.181. The third-order valence-corrected chi connectivity index (χ3v) is 3.75. The summed E-state index contributed by atoms with van der Waals surface area (Å²) in [4.78, 5) is 19.1. The number of hydrogen-bond acceptors (Lipinski definition) is 3. The molecule has 19 heavy (non-hydrogen) atoms. The van der Waals surface area contributed by atoms with Gasteiger partial charge in [0, 0.05) is 16.8 Å². The summed E-state index contributed by atoms with van der Waals surface area (Å²) in [5.41, 5.74) is 1.07.